The quantitative estimate of drug-likeness (QED) is 0.0459. The Bertz CT molecular complexity index is 3910. The lowest BCUT2D eigenvalue weighted by Gasteiger charge is -2.07. The summed E-state index contributed by atoms with van der Waals surface area (Å²) >= 11 is 11.5. The van der Waals surface area contributed by atoms with Crippen LogP contribution in [-0.2, 0) is 18.8 Å². The molecule has 0 radical (unpaired) electrons. The number of fused-ring (bicyclic) bond motifs is 3. The molecular weight excluding hydrogens is 1310 g/mol. The van der Waals surface area contributed by atoms with E-state index in [1.807, 2.05) is 36.5 Å². The van der Waals surface area contributed by atoms with Crippen molar-refractivity contribution in [1.29, 1.82) is 0 Å². The molecular formula is C65H73Br2ClF6N10O5. The Morgan fingerprint density at radius 3 is 1.22 bits per heavy atom. The summed E-state index contributed by atoms with van der Waals surface area (Å²) in [6, 6.07) is 30.8. The number of aromatic nitrogens is 9. The van der Waals surface area contributed by atoms with Crippen molar-refractivity contribution in [2.75, 3.05) is 0 Å². The second-order valence-corrected chi connectivity index (χ2v) is 18.4. The van der Waals surface area contributed by atoms with Crippen molar-refractivity contribution in [2.24, 2.45) is 5.73 Å². The van der Waals surface area contributed by atoms with Gasteiger partial charge in [0.15, 0.2) is 17.3 Å². The first kappa shape index (κ1) is 84.1. The van der Waals surface area contributed by atoms with Gasteiger partial charge in [-0.15, -0.1) is 0 Å². The number of ketones is 3. The van der Waals surface area contributed by atoms with Crippen molar-refractivity contribution in [1.82, 2.24) is 44.9 Å². The summed E-state index contributed by atoms with van der Waals surface area (Å²) in [7, 11) is 0. The molecule has 15 nitrogen and oxygen atoms in total. The highest BCUT2D eigenvalue weighted by Crippen LogP contribution is 2.30. The maximum atomic E-state index is 12.7. The lowest BCUT2D eigenvalue weighted by Crippen LogP contribution is -2.11. The molecule has 0 atom stereocenters. The van der Waals surface area contributed by atoms with Gasteiger partial charge in [0.1, 0.15) is 26.1 Å². The van der Waals surface area contributed by atoms with Crippen LogP contribution in [0, 0.1) is 0 Å². The van der Waals surface area contributed by atoms with E-state index in [1.165, 1.54) is 12.4 Å². The SMILES string of the molecule is C.C.C.C.C.C.C.C.C.NC(=O)c1ccc(C(F)(F)F)cc1.O=C(Cc1ccc(C(=O)c2c[nH]c3ncccc23)cn1)c1ccc(C(F)(F)F)cc1.O=C(Cl)c1ccc(Br)nc1.O=C(c1ccc(Br)nc1)c1c[nH]c2ncccc12.c1cnc2[nH]ccc2c1. The maximum absolute atomic E-state index is 12.7. The van der Waals surface area contributed by atoms with E-state index in [-0.39, 0.29) is 102 Å². The van der Waals surface area contributed by atoms with Gasteiger partial charge >= 0.3 is 12.4 Å². The van der Waals surface area contributed by atoms with Gasteiger partial charge in [-0.25, -0.2) is 24.9 Å². The Hall–Kier alpha value is -9.06. The van der Waals surface area contributed by atoms with Crippen LogP contribution in [0.2, 0.25) is 0 Å². The van der Waals surface area contributed by atoms with Gasteiger partial charge in [-0.05, 0) is 159 Å². The van der Waals surface area contributed by atoms with E-state index in [0.29, 0.717) is 59.4 Å². The highest BCUT2D eigenvalue weighted by atomic mass is 79.9. The van der Waals surface area contributed by atoms with Crippen molar-refractivity contribution in [3.63, 3.8) is 0 Å². The van der Waals surface area contributed by atoms with Crippen LogP contribution in [0.25, 0.3) is 33.1 Å². The summed E-state index contributed by atoms with van der Waals surface area (Å²) in [4.78, 5) is 91.7. The minimum Gasteiger partial charge on any atom is -0.366 e. The molecule has 24 heteroatoms. The number of carbonyl (C=O) groups is 5. The van der Waals surface area contributed by atoms with Crippen LogP contribution < -0.4 is 5.73 Å². The van der Waals surface area contributed by atoms with Gasteiger partial charge in [0.2, 0.25) is 5.91 Å². The predicted octanol–water partition coefficient (Wildman–Crippen LogP) is 18.9. The fraction of sp³-hybridized carbons (Fsp3) is 0.185. The van der Waals surface area contributed by atoms with Gasteiger partial charge in [0, 0.05) is 111 Å². The van der Waals surface area contributed by atoms with Crippen molar-refractivity contribution in [2.45, 2.75) is 85.6 Å². The fourth-order valence-electron chi connectivity index (χ4n) is 7.08. The number of halogens is 9. The number of aromatic amines is 3. The third kappa shape index (κ3) is 23.2. The Morgan fingerprint density at radius 2 is 0.843 bits per heavy atom. The first-order chi connectivity index (χ1) is 38.2. The predicted molar refractivity (Wildman–Crippen MR) is 353 cm³/mol. The number of nitrogens with zero attached hydrogens (tertiary/aromatic N) is 6. The van der Waals surface area contributed by atoms with Crippen LogP contribution in [0.3, 0.4) is 0 Å². The fourth-order valence-corrected chi connectivity index (χ4v) is 7.66. The minimum atomic E-state index is -4.45. The number of hydrogen-bond donors (Lipinski definition) is 4. The lowest BCUT2D eigenvalue weighted by atomic mass is 10.0. The molecule has 0 aliphatic carbocycles. The summed E-state index contributed by atoms with van der Waals surface area (Å²) in [5, 5.41) is 2.20. The van der Waals surface area contributed by atoms with Crippen molar-refractivity contribution in [3.05, 3.63) is 248 Å². The lowest BCUT2D eigenvalue weighted by molar-refractivity contribution is -0.138. The molecule has 9 aromatic heterocycles. The van der Waals surface area contributed by atoms with Crippen LogP contribution in [-0.4, -0.2) is 73.4 Å². The molecule has 0 unspecified atom stereocenters. The number of amides is 1. The second kappa shape index (κ2) is 38.3. The van der Waals surface area contributed by atoms with Crippen molar-refractivity contribution in [3.8, 4) is 0 Å². The minimum absolute atomic E-state index is 0. The first-order valence-electron chi connectivity index (χ1n) is 23.0. The third-order valence-corrected chi connectivity index (χ3v) is 12.3. The number of pyridine rings is 6. The number of rotatable bonds is 9. The zero-order chi connectivity index (χ0) is 57.6. The number of benzene rings is 2. The van der Waals surface area contributed by atoms with Crippen LogP contribution in [0.4, 0.5) is 26.3 Å². The first-order valence-corrected chi connectivity index (χ1v) is 25.0. The Morgan fingerprint density at radius 1 is 0.449 bits per heavy atom. The van der Waals surface area contributed by atoms with E-state index in [2.05, 4.69) is 76.7 Å². The van der Waals surface area contributed by atoms with Crippen molar-refractivity contribution < 1.29 is 50.3 Å². The van der Waals surface area contributed by atoms with Crippen LogP contribution in [0.15, 0.2) is 192 Å². The second-order valence-electron chi connectivity index (χ2n) is 16.4. The van der Waals surface area contributed by atoms with Crippen LogP contribution >= 0.6 is 43.5 Å². The van der Waals surface area contributed by atoms with E-state index < -0.39 is 34.6 Å². The summed E-state index contributed by atoms with van der Waals surface area (Å²) in [5.41, 5.74) is 8.56. The Labute approximate surface area is 536 Å². The number of Topliss-reactive ketones (excluding diaryl/α,β-unsaturated/α-hetero) is 1. The number of carbonyl (C=O) groups excluding carboxylic acids is 5. The molecule has 9 heterocycles. The molecule has 5 N–H and O–H groups in total. The van der Waals surface area contributed by atoms with E-state index >= 15 is 0 Å². The van der Waals surface area contributed by atoms with Gasteiger partial charge < -0.3 is 20.7 Å². The molecule has 0 saturated heterocycles. The molecule has 11 rings (SSSR count). The monoisotopic (exact) mass is 1380 g/mol. The van der Waals surface area contributed by atoms with E-state index in [0.717, 1.165) is 65.0 Å². The van der Waals surface area contributed by atoms with Gasteiger partial charge in [0.25, 0.3) is 5.24 Å². The average molecular weight is 1380 g/mol. The highest BCUT2D eigenvalue weighted by molar-refractivity contribution is 9.10. The number of nitrogens with one attached hydrogen (secondary N) is 3. The summed E-state index contributed by atoms with van der Waals surface area (Å²) in [5.74, 6) is -1.40. The molecule has 0 aliphatic rings. The van der Waals surface area contributed by atoms with Gasteiger partial charge in [-0.1, -0.05) is 79.0 Å². The molecule has 0 bridgehead atoms. The van der Waals surface area contributed by atoms with E-state index in [4.69, 9.17) is 17.3 Å². The highest BCUT2D eigenvalue weighted by Gasteiger charge is 2.31. The van der Waals surface area contributed by atoms with Crippen LogP contribution in [0.5, 0.6) is 0 Å². The topological polar surface area (TPSA) is 236 Å². The number of nitrogens with two attached hydrogens (primary N) is 1. The largest absolute Gasteiger partial charge is 0.416 e. The molecule has 11 aromatic rings. The molecule has 2 aromatic carbocycles. The van der Waals surface area contributed by atoms with Gasteiger partial charge in [-0.2, -0.15) is 26.3 Å². The maximum Gasteiger partial charge on any atom is 0.416 e. The van der Waals surface area contributed by atoms with Crippen molar-refractivity contribution >= 4 is 105 Å². The van der Waals surface area contributed by atoms with E-state index in [9.17, 15) is 50.3 Å². The summed E-state index contributed by atoms with van der Waals surface area (Å²) < 4.78 is 75.3. The Kier molecular flexibility index (Phi) is 36.2. The molecule has 0 saturated carbocycles. The smallest absolute Gasteiger partial charge is 0.366 e. The third-order valence-electron chi connectivity index (χ3n) is 11.1. The number of hydrogen-bond acceptors (Lipinski definition) is 11. The van der Waals surface area contributed by atoms with E-state index in [1.54, 1.807) is 85.7 Å². The molecule has 89 heavy (non-hydrogen) atoms. The molecule has 0 aliphatic heterocycles. The summed E-state index contributed by atoms with van der Waals surface area (Å²) in [6.45, 7) is 0. The van der Waals surface area contributed by atoms with Gasteiger partial charge in [-0.3, -0.25) is 29.0 Å². The normalized spacial score (nSPS) is 9.81. The zero-order valence-corrected chi connectivity index (χ0v) is 44.7. The number of alkyl halides is 6. The number of H-pyrrole nitrogens is 3. The molecule has 476 valence electrons. The standard InChI is InChI=1S/C22H14F3N3O2.C13H8BrN3O.C8H6F3NO.C7H6N2.C6H3BrClNO.9CH4/c23-22(24,25)15-6-3-13(4-7-15)19(29)10-16-8-5-14(11-27-16)20(30)18-12-28-21-17(18)2-1-9-26-21;14-11-4-3-8(6-16-11)12(18)10-7-17-13-9(10)2-1-5-15-13;9-8(10,11)6-3-1-5(2-4-6)7(12)13;1-2-6-3-5-9-7(6)8-4-1;7-5-2-1-4(3-9-5)6(8)10;;;;;;;;;/h1-9,11-12H,10H2,(H,26,28);1-7H,(H,15,17);1-4H,(H2,12,13);1-5H,(H,8,9);1-3H;9*1H4. The molecule has 1 amide bonds. The average Bonchev–Trinajstić information content (AvgIpc) is 1.80. The molecule has 0 spiro atoms. The van der Waals surface area contributed by atoms with Gasteiger partial charge in [0.05, 0.1) is 23.1 Å². The Balaban J connectivity index is -0.00000109. The summed E-state index contributed by atoms with van der Waals surface area (Å²) in [6.07, 6.45) is 5.68. The molecule has 0 fully saturated rings. The van der Waals surface area contributed by atoms with Crippen LogP contribution in [0.1, 0.15) is 147 Å². The number of primary amides is 1. The zero-order valence-electron chi connectivity index (χ0n) is 40.7.